The average molecular weight is 256 g/mol. The van der Waals surface area contributed by atoms with E-state index in [4.69, 9.17) is 10.00 Å². The summed E-state index contributed by atoms with van der Waals surface area (Å²) < 4.78 is 18.9. The van der Waals surface area contributed by atoms with E-state index < -0.39 is 5.82 Å². The van der Waals surface area contributed by atoms with Gasteiger partial charge in [0.1, 0.15) is 11.6 Å². The van der Waals surface area contributed by atoms with E-state index in [0.717, 1.165) is 17.0 Å². The lowest BCUT2D eigenvalue weighted by atomic mass is 10.1. The highest BCUT2D eigenvalue weighted by Gasteiger charge is 2.06. The van der Waals surface area contributed by atoms with E-state index in [-0.39, 0.29) is 0 Å². The third-order valence-electron chi connectivity index (χ3n) is 2.80. The van der Waals surface area contributed by atoms with Crippen molar-refractivity contribution in [2.45, 2.75) is 6.92 Å². The molecule has 0 aliphatic rings. The van der Waals surface area contributed by atoms with Gasteiger partial charge in [0.05, 0.1) is 24.4 Å². The number of ether oxygens (including phenoxy) is 1. The van der Waals surface area contributed by atoms with Crippen molar-refractivity contribution in [3.05, 3.63) is 53.3 Å². The third kappa shape index (κ3) is 2.83. The van der Waals surface area contributed by atoms with E-state index in [1.807, 2.05) is 25.1 Å². The number of nitriles is 1. The highest BCUT2D eigenvalue weighted by Crippen LogP contribution is 2.26. The summed E-state index contributed by atoms with van der Waals surface area (Å²) in [6.07, 6.45) is 0. The van der Waals surface area contributed by atoms with Gasteiger partial charge in [0.2, 0.25) is 0 Å². The van der Waals surface area contributed by atoms with Gasteiger partial charge in [-0.2, -0.15) is 5.26 Å². The number of halogens is 1. The highest BCUT2D eigenvalue weighted by atomic mass is 19.1. The summed E-state index contributed by atoms with van der Waals surface area (Å²) >= 11 is 0. The van der Waals surface area contributed by atoms with Gasteiger partial charge in [-0.05, 0) is 48.9 Å². The minimum absolute atomic E-state index is 0.300. The van der Waals surface area contributed by atoms with Crippen LogP contribution in [-0.4, -0.2) is 7.11 Å². The molecule has 0 aromatic heterocycles. The third-order valence-corrected chi connectivity index (χ3v) is 2.80. The molecule has 0 saturated carbocycles. The second-order valence-electron chi connectivity index (χ2n) is 4.11. The summed E-state index contributed by atoms with van der Waals surface area (Å²) in [6, 6.07) is 11.7. The monoisotopic (exact) mass is 256 g/mol. The Labute approximate surface area is 111 Å². The molecule has 0 atom stereocenters. The topological polar surface area (TPSA) is 45.0 Å². The van der Waals surface area contributed by atoms with E-state index >= 15 is 0 Å². The van der Waals surface area contributed by atoms with E-state index in [0.29, 0.717) is 11.3 Å². The number of methoxy groups -OCH3 is 1. The molecule has 2 rings (SSSR count). The Morgan fingerprint density at radius 3 is 2.47 bits per heavy atom. The van der Waals surface area contributed by atoms with Crippen LogP contribution in [0.3, 0.4) is 0 Å². The van der Waals surface area contributed by atoms with Crippen LogP contribution in [0.1, 0.15) is 11.1 Å². The van der Waals surface area contributed by atoms with Crippen LogP contribution in [-0.2, 0) is 0 Å². The van der Waals surface area contributed by atoms with Crippen molar-refractivity contribution in [1.82, 2.24) is 0 Å². The molecule has 19 heavy (non-hydrogen) atoms. The second-order valence-corrected chi connectivity index (χ2v) is 4.11. The van der Waals surface area contributed by atoms with Crippen molar-refractivity contribution in [1.29, 1.82) is 5.26 Å². The molecule has 0 aliphatic carbocycles. The first-order chi connectivity index (χ1) is 9.13. The van der Waals surface area contributed by atoms with Crippen LogP contribution in [0.2, 0.25) is 0 Å². The average Bonchev–Trinajstić information content (AvgIpc) is 2.42. The van der Waals surface area contributed by atoms with Gasteiger partial charge in [-0.15, -0.1) is 0 Å². The van der Waals surface area contributed by atoms with Crippen molar-refractivity contribution >= 4 is 11.4 Å². The lowest BCUT2D eigenvalue weighted by Crippen LogP contribution is -1.97. The quantitative estimate of drug-likeness (QED) is 0.909. The van der Waals surface area contributed by atoms with Gasteiger partial charge in [0.15, 0.2) is 0 Å². The van der Waals surface area contributed by atoms with Crippen LogP contribution >= 0.6 is 0 Å². The number of aryl methyl sites for hydroxylation is 1. The summed E-state index contributed by atoms with van der Waals surface area (Å²) in [5.74, 6) is 0.303. The largest absolute Gasteiger partial charge is 0.497 e. The van der Waals surface area contributed by atoms with Crippen molar-refractivity contribution in [3.63, 3.8) is 0 Å². The van der Waals surface area contributed by atoms with E-state index in [2.05, 4.69) is 5.32 Å². The van der Waals surface area contributed by atoms with Gasteiger partial charge in [0, 0.05) is 5.69 Å². The number of hydrogen-bond acceptors (Lipinski definition) is 3. The predicted molar refractivity (Wildman–Crippen MR) is 72.1 cm³/mol. The lowest BCUT2D eigenvalue weighted by molar-refractivity contribution is 0.414. The smallest absolute Gasteiger partial charge is 0.147 e. The van der Waals surface area contributed by atoms with Crippen molar-refractivity contribution in [2.75, 3.05) is 12.4 Å². The predicted octanol–water partition coefficient (Wildman–Crippen LogP) is 3.76. The van der Waals surface area contributed by atoms with Gasteiger partial charge in [-0.25, -0.2) is 4.39 Å². The molecule has 2 aromatic carbocycles. The maximum atomic E-state index is 13.8. The molecule has 0 unspecified atom stereocenters. The SMILES string of the molecule is COc1ccc(Nc2ccc(C#N)cc2F)c(C)c1. The number of anilines is 2. The van der Waals surface area contributed by atoms with Gasteiger partial charge in [-0.1, -0.05) is 0 Å². The summed E-state index contributed by atoms with van der Waals surface area (Å²) in [5.41, 5.74) is 2.38. The van der Waals surface area contributed by atoms with E-state index in [1.165, 1.54) is 6.07 Å². The molecule has 4 heteroatoms. The van der Waals surface area contributed by atoms with Gasteiger partial charge < -0.3 is 10.1 Å². The van der Waals surface area contributed by atoms with Crippen molar-refractivity contribution in [3.8, 4) is 11.8 Å². The zero-order chi connectivity index (χ0) is 13.8. The summed E-state index contributed by atoms with van der Waals surface area (Å²) in [4.78, 5) is 0. The molecule has 0 saturated heterocycles. The molecule has 2 aromatic rings. The molecule has 1 N–H and O–H groups in total. The van der Waals surface area contributed by atoms with E-state index in [1.54, 1.807) is 25.3 Å². The zero-order valence-electron chi connectivity index (χ0n) is 10.7. The number of nitrogens with one attached hydrogen (secondary N) is 1. The zero-order valence-corrected chi connectivity index (χ0v) is 10.7. The first-order valence-electron chi connectivity index (χ1n) is 5.75. The maximum Gasteiger partial charge on any atom is 0.147 e. The van der Waals surface area contributed by atoms with Crippen LogP contribution < -0.4 is 10.1 Å². The van der Waals surface area contributed by atoms with E-state index in [9.17, 15) is 4.39 Å². The summed E-state index contributed by atoms with van der Waals surface area (Å²) in [5, 5.41) is 11.7. The minimum atomic E-state index is -0.450. The normalized spacial score (nSPS) is 9.79. The van der Waals surface area contributed by atoms with Crippen molar-refractivity contribution < 1.29 is 9.13 Å². The Balaban J connectivity index is 2.29. The fraction of sp³-hybridized carbons (Fsp3) is 0.133. The molecular formula is C15H13FN2O. The fourth-order valence-electron chi connectivity index (χ4n) is 1.73. The second kappa shape index (κ2) is 5.40. The van der Waals surface area contributed by atoms with Gasteiger partial charge >= 0.3 is 0 Å². The Morgan fingerprint density at radius 1 is 1.16 bits per heavy atom. The molecule has 96 valence electrons. The minimum Gasteiger partial charge on any atom is -0.497 e. The maximum absolute atomic E-state index is 13.8. The molecule has 3 nitrogen and oxygen atoms in total. The molecule has 0 heterocycles. The first-order valence-corrected chi connectivity index (χ1v) is 5.75. The Kier molecular flexibility index (Phi) is 3.67. The molecular weight excluding hydrogens is 243 g/mol. The number of benzene rings is 2. The van der Waals surface area contributed by atoms with Crippen LogP contribution in [0.4, 0.5) is 15.8 Å². The van der Waals surface area contributed by atoms with Crippen LogP contribution in [0.5, 0.6) is 5.75 Å². The summed E-state index contributed by atoms with van der Waals surface area (Å²) in [7, 11) is 1.60. The number of hydrogen-bond donors (Lipinski definition) is 1. The standard InChI is InChI=1S/C15H13FN2O/c1-10-7-12(19-2)4-6-14(10)18-15-5-3-11(9-17)8-13(15)16/h3-8,18H,1-2H3. The Hall–Kier alpha value is -2.54. The van der Waals surface area contributed by atoms with Crippen LogP contribution in [0.15, 0.2) is 36.4 Å². The van der Waals surface area contributed by atoms with Gasteiger partial charge in [-0.3, -0.25) is 0 Å². The summed E-state index contributed by atoms with van der Waals surface area (Å²) in [6.45, 7) is 1.91. The molecule has 0 bridgehead atoms. The fourth-order valence-corrected chi connectivity index (χ4v) is 1.73. The number of rotatable bonds is 3. The van der Waals surface area contributed by atoms with Crippen LogP contribution in [0, 0.1) is 24.1 Å². The molecule has 0 amide bonds. The van der Waals surface area contributed by atoms with Crippen molar-refractivity contribution in [2.24, 2.45) is 0 Å². The lowest BCUT2D eigenvalue weighted by Gasteiger charge is -2.11. The number of nitrogens with zero attached hydrogens (tertiary/aromatic N) is 1. The Bertz CT molecular complexity index is 647. The first kappa shape index (κ1) is 12.9. The molecule has 0 spiro atoms. The molecule has 0 aliphatic heterocycles. The highest BCUT2D eigenvalue weighted by molar-refractivity contribution is 5.65. The molecule has 0 fully saturated rings. The Morgan fingerprint density at radius 2 is 1.89 bits per heavy atom. The van der Waals surface area contributed by atoms with Crippen LogP contribution in [0.25, 0.3) is 0 Å². The molecule has 0 radical (unpaired) electrons. The van der Waals surface area contributed by atoms with Gasteiger partial charge in [0.25, 0.3) is 0 Å².